The lowest BCUT2D eigenvalue weighted by atomic mass is 10.2. The standard InChI is InChI=1S/C8H12N4O3/c1-5-10-11-8(15-5)9-7(14)4-12-2-6(13)3-12/h6,13H,2-4H2,1H3,(H,9,11,14). The average Bonchev–Trinajstić information content (AvgIpc) is 2.48. The number of aromatic nitrogens is 2. The molecule has 1 aliphatic heterocycles. The number of hydrogen-bond acceptors (Lipinski definition) is 6. The summed E-state index contributed by atoms with van der Waals surface area (Å²) in [5.41, 5.74) is 0. The largest absolute Gasteiger partial charge is 0.408 e. The molecule has 0 unspecified atom stereocenters. The average molecular weight is 212 g/mol. The molecule has 0 spiro atoms. The van der Waals surface area contributed by atoms with Crippen LogP contribution in [0.4, 0.5) is 6.01 Å². The zero-order valence-electron chi connectivity index (χ0n) is 8.30. The molecule has 15 heavy (non-hydrogen) atoms. The molecule has 82 valence electrons. The van der Waals surface area contributed by atoms with E-state index in [1.165, 1.54) is 0 Å². The second-order valence-electron chi connectivity index (χ2n) is 3.52. The third kappa shape index (κ3) is 2.51. The van der Waals surface area contributed by atoms with Crippen molar-refractivity contribution in [1.29, 1.82) is 0 Å². The fraction of sp³-hybridized carbons (Fsp3) is 0.625. The highest BCUT2D eigenvalue weighted by atomic mass is 16.4. The van der Waals surface area contributed by atoms with Crippen molar-refractivity contribution in [3.63, 3.8) is 0 Å². The molecule has 7 nitrogen and oxygen atoms in total. The van der Waals surface area contributed by atoms with Crippen molar-refractivity contribution in [1.82, 2.24) is 15.1 Å². The van der Waals surface area contributed by atoms with E-state index in [1.54, 1.807) is 6.92 Å². The van der Waals surface area contributed by atoms with Crippen LogP contribution in [0.2, 0.25) is 0 Å². The number of aliphatic hydroxyl groups is 1. The maximum atomic E-state index is 11.4. The predicted molar refractivity (Wildman–Crippen MR) is 50.1 cm³/mol. The van der Waals surface area contributed by atoms with Gasteiger partial charge in [-0.3, -0.25) is 15.0 Å². The van der Waals surface area contributed by atoms with Crippen LogP contribution in [-0.2, 0) is 4.79 Å². The first kappa shape index (κ1) is 10.1. The monoisotopic (exact) mass is 212 g/mol. The highest BCUT2D eigenvalue weighted by Gasteiger charge is 2.26. The number of hydrogen-bond donors (Lipinski definition) is 2. The molecule has 0 radical (unpaired) electrons. The molecule has 2 rings (SSSR count). The number of nitrogens with one attached hydrogen (secondary N) is 1. The quantitative estimate of drug-likeness (QED) is 0.667. The van der Waals surface area contributed by atoms with E-state index in [0.29, 0.717) is 19.0 Å². The minimum absolute atomic E-state index is 0.110. The number of aryl methyl sites for hydroxylation is 1. The number of β-amino-alcohol motifs (C(OH)–C–C–N with tert-alkyl or cyclic N) is 1. The lowest BCUT2D eigenvalue weighted by Gasteiger charge is -2.34. The summed E-state index contributed by atoms with van der Waals surface area (Å²) < 4.78 is 4.99. The lowest BCUT2D eigenvalue weighted by Crippen LogP contribution is -2.53. The van der Waals surface area contributed by atoms with Gasteiger partial charge in [-0.1, -0.05) is 5.10 Å². The SMILES string of the molecule is Cc1nnc(NC(=O)CN2CC(O)C2)o1. The summed E-state index contributed by atoms with van der Waals surface area (Å²) in [5, 5.41) is 18.7. The summed E-state index contributed by atoms with van der Waals surface area (Å²) in [6.45, 7) is 2.96. The number of anilines is 1. The summed E-state index contributed by atoms with van der Waals surface area (Å²) in [7, 11) is 0. The van der Waals surface area contributed by atoms with Crippen LogP contribution >= 0.6 is 0 Å². The zero-order valence-corrected chi connectivity index (χ0v) is 8.30. The second kappa shape index (κ2) is 3.95. The lowest BCUT2D eigenvalue weighted by molar-refractivity contribution is -0.120. The number of rotatable bonds is 3. The number of aliphatic hydroxyl groups excluding tert-OH is 1. The Hall–Kier alpha value is -1.47. The number of carbonyl (C=O) groups excluding carboxylic acids is 1. The molecule has 1 aromatic heterocycles. The summed E-state index contributed by atoms with van der Waals surface area (Å²) in [6.07, 6.45) is -0.302. The van der Waals surface area contributed by atoms with Crippen LogP contribution in [0.15, 0.2) is 4.42 Å². The molecule has 1 aromatic rings. The van der Waals surface area contributed by atoms with E-state index in [1.807, 2.05) is 4.90 Å². The van der Waals surface area contributed by atoms with E-state index in [4.69, 9.17) is 9.52 Å². The number of carbonyl (C=O) groups is 1. The molecule has 0 aromatic carbocycles. The minimum atomic E-state index is -0.302. The summed E-state index contributed by atoms with van der Waals surface area (Å²) in [4.78, 5) is 13.2. The van der Waals surface area contributed by atoms with Gasteiger partial charge < -0.3 is 9.52 Å². The number of nitrogens with zero attached hydrogens (tertiary/aromatic N) is 3. The molecule has 0 aliphatic carbocycles. The molecule has 2 N–H and O–H groups in total. The number of amides is 1. The van der Waals surface area contributed by atoms with E-state index in [-0.39, 0.29) is 24.6 Å². The maximum Gasteiger partial charge on any atom is 0.322 e. The molecular weight excluding hydrogens is 200 g/mol. The predicted octanol–water partition coefficient (Wildman–Crippen LogP) is -1.01. The van der Waals surface area contributed by atoms with Crippen LogP contribution in [-0.4, -0.2) is 51.8 Å². The maximum absolute atomic E-state index is 11.4. The van der Waals surface area contributed by atoms with E-state index in [2.05, 4.69) is 15.5 Å². The van der Waals surface area contributed by atoms with Gasteiger partial charge in [-0.2, -0.15) is 0 Å². The van der Waals surface area contributed by atoms with Crippen molar-refractivity contribution in [2.24, 2.45) is 0 Å². The van der Waals surface area contributed by atoms with Gasteiger partial charge in [0.1, 0.15) is 0 Å². The Morgan fingerprint density at radius 2 is 2.40 bits per heavy atom. The van der Waals surface area contributed by atoms with Crippen LogP contribution < -0.4 is 5.32 Å². The van der Waals surface area contributed by atoms with Gasteiger partial charge in [0.2, 0.25) is 11.8 Å². The van der Waals surface area contributed by atoms with Gasteiger partial charge in [0, 0.05) is 20.0 Å². The minimum Gasteiger partial charge on any atom is -0.408 e. The summed E-state index contributed by atoms with van der Waals surface area (Å²) in [6, 6.07) is 0.110. The van der Waals surface area contributed by atoms with Gasteiger partial charge in [0.05, 0.1) is 12.6 Å². The Balaban J connectivity index is 1.77. The van der Waals surface area contributed by atoms with Crippen LogP contribution in [0.25, 0.3) is 0 Å². The van der Waals surface area contributed by atoms with Crippen molar-refractivity contribution in [3.8, 4) is 0 Å². The van der Waals surface area contributed by atoms with Crippen molar-refractivity contribution < 1.29 is 14.3 Å². The van der Waals surface area contributed by atoms with Gasteiger partial charge in [-0.15, -0.1) is 5.10 Å². The fourth-order valence-electron chi connectivity index (χ4n) is 1.38. The summed E-state index contributed by atoms with van der Waals surface area (Å²) in [5.74, 6) is 0.190. The topological polar surface area (TPSA) is 91.5 Å². The molecule has 0 bridgehead atoms. The molecule has 7 heteroatoms. The third-order valence-corrected chi connectivity index (χ3v) is 2.08. The van der Waals surface area contributed by atoms with Crippen molar-refractivity contribution in [3.05, 3.63) is 5.89 Å². The molecule has 1 amide bonds. The smallest absolute Gasteiger partial charge is 0.322 e. The highest BCUT2D eigenvalue weighted by Crippen LogP contribution is 2.08. The van der Waals surface area contributed by atoms with Crippen molar-refractivity contribution in [2.75, 3.05) is 25.0 Å². The highest BCUT2D eigenvalue weighted by molar-refractivity contribution is 5.90. The van der Waals surface area contributed by atoms with Crippen LogP contribution in [0.1, 0.15) is 5.89 Å². The molecule has 1 fully saturated rings. The molecule has 0 atom stereocenters. The fourth-order valence-corrected chi connectivity index (χ4v) is 1.38. The van der Waals surface area contributed by atoms with Gasteiger partial charge >= 0.3 is 6.01 Å². The second-order valence-corrected chi connectivity index (χ2v) is 3.52. The van der Waals surface area contributed by atoms with Crippen LogP contribution in [0.3, 0.4) is 0 Å². The van der Waals surface area contributed by atoms with E-state index in [0.717, 1.165) is 0 Å². The van der Waals surface area contributed by atoms with Crippen LogP contribution in [0.5, 0.6) is 0 Å². The molecule has 2 heterocycles. The first-order chi connectivity index (χ1) is 7.13. The van der Waals surface area contributed by atoms with Gasteiger partial charge in [0.15, 0.2) is 0 Å². The van der Waals surface area contributed by atoms with E-state index < -0.39 is 0 Å². The van der Waals surface area contributed by atoms with Gasteiger partial charge in [-0.25, -0.2) is 0 Å². The van der Waals surface area contributed by atoms with Crippen molar-refractivity contribution >= 4 is 11.9 Å². The zero-order chi connectivity index (χ0) is 10.8. The Morgan fingerprint density at radius 1 is 1.67 bits per heavy atom. The summed E-state index contributed by atoms with van der Waals surface area (Å²) >= 11 is 0. The third-order valence-electron chi connectivity index (χ3n) is 2.08. The Kier molecular flexibility index (Phi) is 2.65. The van der Waals surface area contributed by atoms with Crippen LogP contribution in [0, 0.1) is 6.92 Å². The normalized spacial score (nSPS) is 17.5. The molecule has 1 saturated heterocycles. The molecular formula is C8H12N4O3. The van der Waals surface area contributed by atoms with Gasteiger partial charge in [-0.05, 0) is 0 Å². The van der Waals surface area contributed by atoms with Crippen molar-refractivity contribution in [2.45, 2.75) is 13.0 Å². The first-order valence-corrected chi connectivity index (χ1v) is 4.64. The first-order valence-electron chi connectivity index (χ1n) is 4.64. The molecule has 0 saturated carbocycles. The number of likely N-dealkylation sites (tertiary alicyclic amines) is 1. The van der Waals surface area contributed by atoms with Gasteiger partial charge in [0.25, 0.3) is 0 Å². The van der Waals surface area contributed by atoms with E-state index in [9.17, 15) is 4.79 Å². The Bertz CT molecular complexity index is 359. The Morgan fingerprint density at radius 3 is 2.93 bits per heavy atom. The molecule has 1 aliphatic rings. The Labute approximate surface area is 86.1 Å². The van der Waals surface area contributed by atoms with E-state index >= 15 is 0 Å².